The van der Waals surface area contributed by atoms with Gasteiger partial charge in [-0.2, -0.15) is 0 Å². The molecule has 0 bridgehead atoms. The number of carbonyl (C=O) groups is 1. The summed E-state index contributed by atoms with van der Waals surface area (Å²) < 4.78 is 12.9. The van der Waals surface area contributed by atoms with Crippen LogP contribution in [0.15, 0.2) is 54.6 Å². The molecule has 0 aliphatic heterocycles. The van der Waals surface area contributed by atoms with Gasteiger partial charge in [-0.1, -0.05) is 29.8 Å². The lowest BCUT2D eigenvalue weighted by molar-refractivity contribution is 0.103. The fourth-order valence-corrected chi connectivity index (χ4v) is 2.26. The molecule has 4 heteroatoms. The van der Waals surface area contributed by atoms with E-state index in [2.05, 4.69) is 4.98 Å². The monoisotopic (exact) mass is 285 g/mol. The van der Waals surface area contributed by atoms with Gasteiger partial charge in [0.25, 0.3) is 0 Å². The zero-order valence-corrected chi connectivity index (χ0v) is 11.1. The Morgan fingerprint density at radius 2 is 1.75 bits per heavy atom. The fraction of sp³-hybridized carbons (Fsp3) is 0. The van der Waals surface area contributed by atoms with Gasteiger partial charge >= 0.3 is 0 Å². The SMILES string of the molecule is O=C(c1ccc(F)cc1)c1cc(Cl)c2ccccc2n1. The van der Waals surface area contributed by atoms with Crippen molar-refractivity contribution in [2.75, 3.05) is 0 Å². The van der Waals surface area contributed by atoms with Crippen molar-refractivity contribution in [3.8, 4) is 0 Å². The van der Waals surface area contributed by atoms with E-state index in [0.717, 1.165) is 5.39 Å². The third kappa shape index (κ3) is 2.28. The summed E-state index contributed by atoms with van der Waals surface area (Å²) >= 11 is 6.17. The Kier molecular flexibility index (Phi) is 3.20. The molecule has 2 nitrogen and oxygen atoms in total. The van der Waals surface area contributed by atoms with E-state index in [4.69, 9.17) is 11.6 Å². The third-order valence-electron chi connectivity index (χ3n) is 3.00. The Balaban J connectivity index is 2.10. The average Bonchev–Trinajstić information content (AvgIpc) is 2.47. The van der Waals surface area contributed by atoms with Gasteiger partial charge in [-0.3, -0.25) is 4.79 Å². The molecule has 1 aromatic heterocycles. The number of halogens is 2. The molecular weight excluding hydrogens is 277 g/mol. The number of aromatic nitrogens is 1. The van der Waals surface area contributed by atoms with Gasteiger partial charge < -0.3 is 0 Å². The summed E-state index contributed by atoms with van der Waals surface area (Å²) in [6.07, 6.45) is 0. The van der Waals surface area contributed by atoms with Crippen LogP contribution in [-0.2, 0) is 0 Å². The summed E-state index contributed by atoms with van der Waals surface area (Å²) in [6.45, 7) is 0. The number of fused-ring (bicyclic) bond motifs is 1. The van der Waals surface area contributed by atoms with Gasteiger partial charge in [-0.15, -0.1) is 0 Å². The highest BCUT2D eigenvalue weighted by molar-refractivity contribution is 6.35. The van der Waals surface area contributed by atoms with Crippen LogP contribution in [0.4, 0.5) is 4.39 Å². The second-order valence-corrected chi connectivity index (χ2v) is 4.75. The first kappa shape index (κ1) is 12.8. The second kappa shape index (κ2) is 5.02. The maximum atomic E-state index is 12.9. The van der Waals surface area contributed by atoms with Crippen LogP contribution in [0.5, 0.6) is 0 Å². The highest BCUT2D eigenvalue weighted by Gasteiger charge is 2.13. The van der Waals surface area contributed by atoms with E-state index in [1.807, 2.05) is 18.2 Å². The largest absolute Gasteiger partial charge is 0.287 e. The van der Waals surface area contributed by atoms with Gasteiger partial charge in [0.05, 0.1) is 10.5 Å². The molecule has 20 heavy (non-hydrogen) atoms. The molecule has 1 heterocycles. The van der Waals surface area contributed by atoms with Crippen molar-refractivity contribution < 1.29 is 9.18 Å². The Bertz CT molecular complexity index is 799. The Morgan fingerprint density at radius 1 is 1.05 bits per heavy atom. The van der Waals surface area contributed by atoms with E-state index in [-0.39, 0.29) is 17.3 Å². The second-order valence-electron chi connectivity index (χ2n) is 4.34. The Morgan fingerprint density at radius 3 is 2.50 bits per heavy atom. The lowest BCUT2D eigenvalue weighted by atomic mass is 10.1. The van der Waals surface area contributed by atoms with Gasteiger partial charge in [0.2, 0.25) is 5.78 Å². The summed E-state index contributed by atoms with van der Waals surface area (Å²) in [5.41, 5.74) is 1.29. The summed E-state index contributed by atoms with van der Waals surface area (Å²) in [5, 5.41) is 1.27. The highest BCUT2D eigenvalue weighted by Crippen LogP contribution is 2.24. The zero-order chi connectivity index (χ0) is 14.1. The summed E-state index contributed by atoms with van der Waals surface area (Å²) in [4.78, 5) is 16.6. The molecule has 0 aliphatic carbocycles. The van der Waals surface area contributed by atoms with Crippen LogP contribution < -0.4 is 0 Å². The van der Waals surface area contributed by atoms with Crippen molar-refractivity contribution in [1.29, 1.82) is 0 Å². The molecule has 0 aliphatic rings. The first-order chi connectivity index (χ1) is 9.65. The Hall–Kier alpha value is -2.26. The molecule has 0 spiro atoms. The lowest BCUT2D eigenvalue weighted by Gasteiger charge is -2.05. The number of carbonyl (C=O) groups excluding carboxylic acids is 1. The molecule has 0 N–H and O–H groups in total. The van der Waals surface area contributed by atoms with Crippen molar-refractivity contribution >= 4 is 28.3 Å². The molecule has 0 radical (unpaired) electrons. The van der Waals surface area contributed by atoms with E-state index >= 15 is 0 Å². The summed E-state index contributed by atoms with van der Waals surface area (Å²) in [5.74, 6) is -0.663. The first-order valence-corrected chi connectivity index (χ1v) is 6.38. The number of ketones is 1. The number of nitrogens with zero attached hydrogens (tertiary/aromatic N) is 1. The summed E-state index contributed by atoms with van der Waals surface area (Å²) in [6, 6.07) is 14.2. The van der Waals surface area contributed by atoms with E-state index in [1.165, 1.54) is 30.3 Å². The maximum Gasteiger partial charge on any atom is 0.211 e. The van der Waals surface area contributed by atoms with E-state index < -0.39 is 0 Å². The minimum atomic E-state index is -0.383. The molecule has 0 atom stereocenters. The predicted octanol–water partition coefficient (Wildman–Crippen LogP) is 4.26. The summed E-state index contributed by atoms with van der Waals surface area (Å²) in [7, 11) is 0. The molecule has 0 unspecified atom stereocenters. The predicted molar refractivity (Wildman–Crippen MR) is 76.6 cm³/mol. The van der Waals surface area contributed by atoms with Crippen LogP contribution in [0.3, 0.4) is 0 Å². The third-order valence-corrected chi connectivity index (χ3v) is 3.32. The van der Waals surface area contributed by atoms with Gasteiger partial charge in [-0.05, 0) is 36.4 Å². The van der Waals surface area contributed by atoms with Crippen LogP contribution in [-0.4, -0.2) is 10.8 Å². The van der Waals surface area contributed by atoms with Crippen LogP contribution in [0, 0.1) is 5.82 Å². The fourth-order valence-electron chi connectivity index (χ4n) is 2.00. The smallest absolute Gasteiger partial charge is 0.211 e. The normalized spacial score (nSPS) is 10.7. The lowest BCUT2D eigenvalue weighted by Crippen LogP contribution is -2.04. The van der Waals surface area contributed by atoms with Gasteiger partial charge in [-0.25, -0.2) is 9.37 Å². The van der Waals surface area contributed by atoms with Gasteiger partial charge in [0.1, 0.15) is 11.5 Å². The quantitative estimate of drug-likeness (QED) is 0.659. The molecular formula is C16H9ClFNO. The van der Waals surface area contributed by atoms with Crippen molar-refractivity contribution in [3.05, 3.63) is 76.7 Å². The van der Waals surface area contributed by atoms with Crippen molar-refractivity contribution in [2.45, 2.75) is 0 Å². The highest BCUT2D eigenvalue weighted by atomic mass is 35.5. The van der Waals surface area contributed by atoms with Crippen molar-refractivity contribution in [2.24, 2.45) is 0 Å². The molecule has 0 saturated carbocycles. The van der Waals surface area contributed by atoms with E-state index in [1.54, 1.807) is 6.07 Å². The van der Waals surface area contributed by atoms with Crippen LogP contribution in [0.2, 0.25) is 5.02 Å². The molecule has 0 fully saturated rings. The zero-order valence-electron chi connectivity index (χ0n) is 10.3. The Labute approximate surface area is 119 Å². The number of hydrogen-bond acceptors (Lipinski definition) is 2. The van der Waals surface area contributed by atoms with Crippen LogP contribution in [0.25, 0.3) is 10.9 Å². The number of hydrogen-bond donors (Lipinski definition) is 0. The molecule has 0 amide bonds. The standard InChI is InChI=1S/C16H9ClFNO/c17-13-9-15(19-14-4-2-1-3-12(13)14)16(20)10-5-7-11(18)8-6-10/h1-9H. The van der Waals surface area contributed by atoms with E-state index in [9.17, 15) is 9.18 Å². The minimum Gasteiger partial charge on any atom is -0.287 e. The van der Waals surface area contributed by atoms with Crippen LogP contribution in [0.1, 0.15) is 16.1 Å². The molecule has 0 saturated heterocycles. The molecule has 3 rings (SSSR count). The molecule has 98 valence electrons. The average molecular weight is 286 g/mol. The first-order valence-electron chi connectivity index (χ1n) is 6.01. The van der Waals surface area contributed by atoms with Crippen molar-refractivity contribution in [3.63, 3.8) is 0 Å². The molecule has 2 aromatic carbocycles. The number of para-hydroxylation sites is 1. The maximum absolute atomic E-state index is 12.9. The van der Waals surface area contributed by atoms with Crippen molar-refractivity contribution in [1.82, 2.24) is 4.98 Å². The topological polar surface area (TPSA) is 30.0 Å². The minimum absolute atomic E-state index is 0.250. The molecule has 3 aromatic rings. The van der Waals surface area contributed by atoms with Gasteiger partial charge in [0, 0.05) is 10.9 Å². The number of pyridine rings is 1. The van der Waals surface area contributed by atoms with Gasteiger partial charge in [0.15, 0.2) is 0 Å². The van der Waals surface area contributed by atoms with E-state index in [0.29, 0.717) is 16.1 Å². The number of benzene rings is 2. The number of rotatable bonds is 2. The van der Waals surface area contributed by atoms with Crippen LogP contribution >= 0.6 is 11.6 Å².